The molecule has 2 N–H and O–H groups in total. The van der Waals surface area contributed by atoms with Crippen molar-refractivity contribution in [1.82, 2.24) is 0 Å². The Balaban J connectivity index is 1.36. The van der Waals surface area contributed by atoms with E-state index in [-0.39, 0.29) is 36.2 Å². The number of nitrogens with zero attached hydrogens (tertiary/aromatic N) is 1. The van der Waals surface area contributed by atoms with Crippen molar-refractivity contribution >= 4 is 23.6 Å². The van der Waals surface area contributed by atoms with E-state index < -0.39 is 11.8 Å². The first-order valence-corrected chi connectivity index (χ1v) is 12.9. The number of anilines is 1. The van der Waals surface area contributed by atoms with Crippen LogP contribution in [0.3, 0.4) is 0 Å². The molecule has 0 saturated carbocycles. The first-order chi connectivity index (χ1) is 17.5. The van der Waals surface area contributed by atoms with Gasteiger partial charge in [-0.25, -0.2) is 0 Å². The number of hydrogen-bond donors (Lipinski definition) is 2. The highest BCUT2D eigenvalue weighted by molar-refractivity contribution is 6.22. The van der Waals surface area contributed by atoms with E-state index in [1.165, 1.54) is 10.5 Å². The lowest BCUT2D eigenvalue weighted by molar-refractivity contribution is -0.122. The summed E-state index contributed by atoms with van der Waals surface area (Å²) in [7, 11) is 0. The van der Waals surface area contributed by atoms with Crippen LogP contribution in [0.15, 0.2) is 71.3 Å². The number of fused-ring (bicyclic) bond motifs is 3. The SMILES string of the molecule is CCC/C(=C\c1ccc(O)cc1)CC[C@H]1OC[C@H]2C1=C(CO)C[C@H]1C(=O)N(c3ccccc3)C(=O)[C@H]12. The summed E-state index contributed by atoms with van der Waals surface area (Å²) in [5.74, 6) is -1.13. The molecule has 2 aromatic carbocycles. The van der Waals surface area contributed by atoms with Crippen molar-refractivity contribution < 1.29 is 24.5 Å². The third kappa shape index (κ3) is 4.51. The molecule has 188 valence electrons. The van der Waals surface area contributed by atoms with Crippen LogP contribution in [-0.4, -0.2) is 41.3 Å². The van der Waals surface area contributed by atoms with Gasteiger partial charge in [0.25, 0.3) is 0 Å². The highest BCUT2D eigenvalue weighted by Crippen LogP contribution is 2.50. The fourth-order valence-corrected chi connectivity index (χ4v) is 6.16. The zero-order valence-electron chi connectivity index (χ0n) is 20.6. The van der Waals surface area contributed by atoms with Gasteiger partial charge in [0.05, 0.1) is 36.8 Å². The van der Waals surface area contributed by atoms with Gasteiger partial charge >= 0.3 is 0 Å². The molecule has 1 aliphatic carbocycles. The summed E-state index contributed by atoms with van der Waals surface area (Å²) in [4.78, 5) is 28.1. The van der Waals surface area contributed by atoms with Crippen LogP contribution in [0.5, 0.6) is 5.75 Å². The van der Waals surface area contributed by atoms with Crippen molar-refractivity contribution in [2.24, 2.45) is 17.8 Å². The number of carbonyl (C=O) groups excluding carboxylic acids is 2. The number of aromatic hydroxyl groups is 1. The van der Waals surface area contributed by atoms with E-state index in [0.717, 1.165) is 42.4 Å². The standard InChI is InChI=1S/C30H33NO5/c1-2-6-19(15-20-9-12-23(33)13-10-20)11-14-26-27-21(17-32)16-24-28(25(27)18-36-26)30(35)31(29(24)34)22-7-4-3-5-8-22/h3-5,7-10,12-13,15,24-26,28,32-33H,2,6,11,14,16-18H2,1H3/b19-15+/t24-,25+,26-,28-/m1/s1. The molecule has 6 heteroatoms. The molecule has 0 radical (unpaired) electrons. The molecule has 0 spiro atoms. The predicted molar refractivity (Wildman–Crippen MR) is 138 cm³/mol. The first-order valence-electron chi connectivity index (χ1n) is 12.9. The van der Waals surface area contributed by atoms with Gasteiger partial charge in [-0.05, 0) is 66.7 Å². The van der Waals surface area contributed by atoms with E-state index in [2.05, 4.69) is 13.0 Å². The number of hydrogen-bond acceptors (Lipinski definition) is 5. The van der Waals surface area contributed by atoms with E-state index in [1.807, 2.05) is 30.3 Å². The number of benzene rings is 2. The van der Waals surface area contributed by atoms with Crippen LogP contribution in [0.25, 0.3) is 6.08 Å². The lowest BCUT2D eigenvalue weighted by atomic mass is 9.69. The number of phenols is 1. The normalized spacial score (nSPS) is 25.9. The van der Waals surface area contributed by atoms with Crippen molar-refractivity contribution in [2.45, 2.75) is 45.1 Å². The van der Waals surface area contributed by atoms with E-state index in [9.17, 15) is 19.8 Å². The van der Waals surface area contributed by atoms with Crippen molar-refractivity contribution in [2.75, 3.05) is 18.1 Å². The largest absolute Gasteiger partial charge is 0.508 e. The molecule has 2 aromatic rings. The minimum Gasteiger partial charge on any atom is -0.508 e. The number of phenolic OH excluding ortho intramolecular Hbond substituents is 1. The molecule has 36 heavy (non-hydrogen) atoms. The third-order valence-corrected chi connectivity index (χ3v) is 7.78. The third-order valence-electron chi connectivity index (χ3n) is 7.78. The van der Waals surface area contributed by atoms with Crippen LogP contribution in [0.2, 0.25) is 0 Å². The maximum absolute atomic E-state index is 13.5. The van der Waals surface area contributed by atoms with Gasteiger partial charge in [-0.2, -0.15) is 0 Å². The highest BCUT2D eigenvalue weighted by Gasteiger charge is 2.57. The topological polar surface area (TPSA) is 87.1 Å². The van der Waals surface area contributed by atoms with Gasteiger partial charge in [0.2, 0.25) is 11.8 Å². The Labute approximate surface area is 211 Å². The summed E-state index contributed by atoms with van der Waals surface area (Å²) >= 11 is 0. The number of para-hydroxylation sites is 1. The second-order valence-electron chi connectivity index (χ2n) is 10.0. The molecule has 4 atom stereocenters. The monoisotopic (exact) mass is 487 g/mol. The lowest BCUT2D eigenvalue weighted by Gasteiger charge is -2.31. The molecule has 2 heterocycles. The number of carbonyl (C=O) groups is 2. The summed E-state index contributed by atoms with van der Waals surface area (Å²) in [6, 6.07) is 16.3. The van der Waals surface area contributed by atoms with Crippen LogP contribution in [0.4, 0.5) is 5.69 Å². The number of aliphatic hydroxyl groups excluding tert-OH is 1. The molecular formula is C30H33NO5. The summed E-state index contributed by atoms with van der Waals surface area (Å²) in [5, 5.41) is 19.8. The maximum Gasteiger partial charge on any atom is 0.238 e. The summed E-state index contributed by atoms with van der Waals surface area (Å²) in [6.45, 7) is 2.44. The summed E-state index contributed by atoms with van der Waals surface area (Å²) in [6.07, 6.45) is 6.01. The van der Waals surface area contributed by atoms with Gasteiger partial charge in [0.1, 0.15) is 5.75 Å². The minimum absolute atomic E-state index is 0.118. The predicted octanol–water partition coefficient (Wildman–Crippen LogP) is 4.87. The van der Waals surface area contributed by atoms with E-state index in [4.69, 9.17) is 4.74 Å². The van der Waals surface area contributed by atoms with E-state index in [1.54, 1.807) is 24.3 Å². The smallest absolute Gasteiger partial charge is 0.238 e. The fraction of sp³-hybridized carbons (Fsp3) is 0.400. The van der Waals surface area contributed by atoms with Crippen LogP contribution in [0, 0.1) is 17.8 Å². The van der Waals surface area contributed by atoms with Gasteiger partial charge < -0.3 is 14.9 Å². The number of amides is 2. The maximum atomic E-state index is 13.5. The van der Waals surface area contributed by atoms with Crippen molar-refractivity contribution in [3.8, 4) is 5.75 Å². The van der Waals surface area contributed by atoms with Gasteiger partial charge in [-0.3, -0.25) is 14.5 Å². The number of imide groups is 1. The zero-order valence-corrected chi connectivity index (χ0v) is 20.6. The Hall–Kier alpha value is -3.22. The summed E-state index contributed by atoms with van der Waals surface area (Å²) < 4.78 is 6.25. The van der Waals surface area contributed by atoms with E-state index in [0.29, 0.717) is 18.7 Å². The lowest BCUT2D eigenvalue weighted by Crippen LogP contribution is -2.35. The zero-order chi connectivity index (χ0) is 25.2. The van der Waals surface area contributed by atoms with Gasteiger partial charge in [0, 0.05) is 5.92 Å². The van der Waals surface area contributed by atoms with Crippen LogP contribution < -0.4 is 4.90 Å². The Kier molecular flexibility index (Phi) is 7.08. The molecule has 5 rings (SSSR count). The minimum atomic E-state index is -0.444. The average molecular weight is 488 g/mol. The number of aliphatic hydroxyl groups is 1. The van der Waals surface area contributed by atoms with Crippen molar-refractivity contribution in [1.29, 1.82) is 0 Å². The van der Waals surface area contributed by atoms with Gasteiger partial charge in [-0.1, -0.05) is 55.3 Å². The summed E-state index contributed by atoms with van der Waals surface area (Å²) in [5.41, 5.74) is 4.86. The Morgan fingerprint density at radius 2 is 1.78 bits per heavy atom. The fourth-order valence-electron chi connectivity index (χ4n) is 6.16. The van der Waals surface area contributed by atoms with Crippen LogP contribution >= 0.6 is 0 Å². The first kappa shape index (κ1) is 24.5. The quantitative estimate of drug-likeness (QED) is 0.410. The second kappa shape index (κ2) is 10.4. The molecule has 0 aromatic heterocycles. The molecule has 2 amide bonds. The van der Waals surface area contributed by atoms with Crippen molar-refractivity contribution in [3.05, 3.63) is 76.9 Å². The average Bonchev–Trinajstić information content (AvgIpc) is 3.42. The Morgan fingerprint density at radius 3 is 2.47 bits per heavy atom. The van der Waals surface area contributed by atoms with Crippen LogP contribution in [-0.2, 0) is 14.3 Å². The second-order valence-corrected chi connectivity index (χ2v) is 10.0. The van der Waals surface area contributed by atoms with Crippen molar-refractivity contribution in [3.63, 3.8) is 0 Å². The molecule has 3 aliphatic rings. The molecule has 2 fully saturated rings. The molecule has 0 unspecified atom stereocenters. The number of allylic oxidation sites excluding steroid dienone is 1. The Bertz CT molecular complexity index is 1180. The van der Waals surface area contributed by atoms with Gasteiger partial charge in [-0.15, -0.1) is 0 Å². The number of rotatable bonds is 8. The molecule has 6 nitrogen and oxygen atoms in total. The molecule has 0 bridgehead atoms. The Morgan fingerprint density at radius 1 is 1.03 bits per heavy atom. The van der Waals surface area contributed by atoms with Crippen LogP contribution in [0.1, 0.15) is 44.6 Å². The van der Waals surface area contributed by atoms with Gasteiger partial charge in [0.15, 0.2) is 0 Å². The van der Waals surface area contributed by atoms with E-state index >= 15 is 0 Å². The molecule has 2 saturated heterocycles. The molecule has 2 aliphatic heterocycles. The number of ether oxygens (including phenoxy) is 1. The molecular weight excluding hydrogens is 454 g/mol. The highest BCUT2D eigenvalue weighted by atomic mass is 16.5.